The van der Waals surface area contributed by atoms with Gasteiger partial charge in [0.05, 0.1) is 33.0 Å². The fourth-order valence-corrected chi connectivity index (χ4v) is 4.94. The molecular formula is C35H38O6. The van der Waals surface area contributed by atoms with Crippen LogP contribution < -0.4 is 0 Å². The van der Waals surface area contributed by atoms with Gasteiger partial charge < -0.3 is 28.4 Å². The molecule has 0 unspecified atom stereocenters. The number of ether oxygens (including phenoxy) is 6. The van der Waals surface area contributed by atoms with Crippen LogP contribution in [-0.2, 0) is 54.8 Å². The van der Waals surface area contributed by atoms with Gasteiger partial charge in [0.1, 0.15) is 24.4 Å². The van der Waals surface area contributed by atoms with E-state index in [2.05, 4.69) is 0 Å². The van der Waals surface area contributed by atoms with Gasteiger partial charge in [-0.1, -0.05) is 121 Å². The van der Waals surface area contributed by atoms with Gasteiger partial charge in [-0.2, -0.15) is 0 Å². The van der Waals surface area contributed by atoms with Crippen molar-refractivity contribution in [2.45, 2.75) is 57.1 Å². The van der Waals surface area contributed by atoms with E-state index in [1.165, 1.54) is 0 Å². The molecule has 0 amide bonds. The Kier molecular flexibility index (Phi) is 11.1. The van der Waals surface area contributed by atoms with Crippen LogP contribution in [0.1, 0.15) is 22.3 Å². The van der Waals surface area contributed by atoms with E-state index in [1.54, 1.807) is 7.11 Å². The topological polar surface area (TPSA) is 55.4 Å². The summed E-state index contributed by atoms with van der Waals surface area (Å²) in [5, 5.41) is 0. The van der Waals surface area contributed by atoms with E-state index < -0.39 is 30.7 Å². The predicted molar refractivity (Wildman–Crippen MR) is 157 cm³/mol. The summed E-state index contributed by atoms with van der Waals surface area (Å²) in [5.41, 5.74) is 4.27. The van der Waals surface area contributed by atoms with E-state index >= 15 is 0 Å². The van der Waals surface area contributed by atoms with Crippen molar-refractivity contribution in [3.8, 4) is 0 Å². The predicted octanol–water partition coefficient (Wildman–Crippen LogP) is 6.33. The summed E-state index contributed by atoms with van der Waals surface area (Å²) < 4.78 is 38.2. The lowest BCUT2D eigenvalue weighted by molar-refractivity contribution is -0.323. The molecule has 6 heteroatoms. The minimum absolute atomic E-state index is 0.310. The van der Waals surface area contributed by atoms with E-state index in [0.717, 1.165) is 22.3 Å². The normalized spacial score (nSPS) is 22.4. The molecule has 1 aliphatic heterocycles. The van der Waals surface area contributed by atoms with E-state index in [4.69, 9.17) is 28.4 Å². The molecule has 1 fully saturated rings. The number of methoxy groups -OCH3 is 1. The van der Waals surface area contributed by atoms with E-state index in [9.17, 15) is 0 Å². The van der Waals surface area contributed by atoms with Crippen molar-refractivity contribution in [3.05, 3.63) is 144 Å². The molecule has 5 rings (SSSR count). The van der Waals surface area contributed by atoms with Gasteiger partial charge in [0.2, 0.25) is 0 Å². The van der Waals surface area contributed by atoms with Gasteiger partial charge in [-0.3, -0.25) is 0 Å². The average molecular weight is 555 g/mol. The highest BCUT2D eigenvalue weighted by Gasteiger charge is 2.48. The first-order valence-corrected chi connectivity index (χ1v) is 14.1. The highest BCUT2D eigenvalue weighted by atomic mass is 16.7. The molecule has 0 bridgehead atoms. The molecule has 4 aromatic rings. The zero-order valence-electron chi connectivity index (χ0n) is 23.4. The highest BCUT2D eigenvalue weighted by molar-refractivity contribution is 5.16. The van der Waals surface area contributed by atoms with Crippen LogP contribution in [0.25, 0.3) is 0 Å². The molecule has 5 atom stereocenters. The first-order valence-electron chi connectivity index (χ1n) is 14.1. The molecule has 1 aliphatic rings. The van der Waals surface area contributed by atoms with Crippen molar-refractivity contribution in [3.63, 3.8) is 0 Å². The average Bonchev–Trinajstić information content (AvgIpc) is 3.04. The summed E-state index contributed by atoms with van der Waals surface area (Å²) in [7, 11) is 1.63. The van der Waals surface area contributed by atoms with Crippen molar-refractivity contribution in [2.75, 3.05) is 13.7 Å². The minimum Gasteiger partial charge on any atom is -0.374 e. The Morgan fingerprint density at radius 3 is 1.32 bits per heavy atom. The van der Waals surface area contributed by atoms with Crippen molar-refractivity contribution >= 4 is 0 Å². The van der Waals surface area contributed by atoms with Gasteiger partial charge in [0.25, 0.3) is 0 Å². The van der Waals surface area contributed by atoms with Crippen LogP contribution >= 0.6 is 0 Å². The molecule has 4 aromatic carbocycles. The second-order valence-electron chi connectivity index (χ2n) is 10.1. The third-order valence-electron chi connectivity index (χ3n) is 7.07. The van der Waals surface area contributed by atoms with Crippen LogP contribution in [0.15, 0.2) is 121 Å². The monoisotopic (exact) mass is 554 g/mol. The van der Waals surface area contributed by atoms with Crippen molar-refractivity contribution in [1.29, 1.82) is 0 Å². The molecule has 0 saturated carbocycles. The number of benzene rings is 4. The standard InChI is InChI=1S/C35H38O6/c1-36-35-34(40-25-30-20-12-5-13-21-30)33(39-24-29-18-10-4-11-19-29)32(38-23-28-16-8-3-9-17-28)31(41-35)26-37-22-27-14-6-2-7-15-27/h2-21,31-35H,22-26H2,1H3/t31-,32-,33+,34-,35+/m1/s1. The van der Waals surface area contributed by atoms with Crippen LogP contribution in [-0.4, -0.2) is 44.4 Å². The van der Waals surface area contributed by atoms with Gasteiger partial charge >= 0.3 is 0 Å². The van der Waals surface area contributed by atoms with Gasteiger partial charge in [-0.15, -0.1) is 0 Å². The van der Waals surface area contributed by atoms with Gasteiger partial charge in [-0.25, -0.2) is 0 Å². The smallest absolute Gasteiger partial charge is 0.186 e. The first kappa shape index (κ1) is 29.1. The third kappa shape index (κ3) is 8.57. The fraction of sp³-hybridized carbons (Fsp3) is 0.314. The second kappa shape index (κ2) is 15.6. The van der Waals surface area contributed by atoms with Crippen LogP contribution in [0, 0.1) is 0 Å². The molecular weight excluding hydrogens is 516 g/mol. The van der Waals surface area contributed by atoms with Crippen LogP contribution in [0.4, 0.5) is 0 Å². The number of rotatable bonds is 14. The first-order chi connectivity index (χ1) is 20.3. The Balaban J connectivity index is 1.38. The summed E-state index contributed by atoms with van der Waals surface area (Å²) in [6, 6.07) is 40.4. The molecule has 0 aliphatic carbocycles. The zero-order chi connectivity index (χ0) is 28.1. The van der Waals surface area contributed by atoms with Gasteiger partial charge in [0, 0.05) is 7.11 Å². The SMILES string of the molecule is CO[C@H]1O[C@H](COCc2ccccc2)[C@@H](OCc2ccccc2)[C@H](OCc2ccccc2)[C@H]1OCc1ccccc1. The molecule has 214 valence electrons. The Labute approximate surface area is 242 Å². The molecule has 1 heterocycles. The molecule has 41 heavy (non-hydrogen) atoms. The van der Waals surface area contributed by atoms with E-state index in [0.29, 0.717) is 33.0 Å². The summed E-state index contributed by atoms with van der Waals surface area (Å²) in [5.74, 6) is 0. The zero-order valence-corrected chi connectivity index (χ0v) is 23.4. The summed E-state index contributed by atoms with van der Waals surface area (Å²) in [6.07, 6.45) is -2.59. The van der Waals surface area contributed by atoms with Crippen molar-refractivity contribution in [2.24, 2.45) is 0 Å². The third-order valence-corrected chi connectivity index (χ3v) is 7.07. The molecule has 0 aromatic heterocycles. The lowest BCUT2D eigenvalue weighted by Crippen LogP contribution is -2.61. The summed E-state index contributed by atoms with van der Waals surface area (Å²) >= 11 is 0. The summed E-state index contributed by atoms with van der Waals surface area (Å²) in [4.78, 5) is 0. The maximum atomic E-state index is 6.63. The maximum absolute atomic E-state index is 6.63. The molecule has 1 saturated heterocycles. The van der Waals surface area contributed by atoms with Crippen LogP contribution in [0.3, 0.4) is 0 Å². The lowest BCUT2D eigenvalue weighted by Gasteiger charge is -2.45. The Bertz CT molecular complexity index is 1260. The summed E-state index contributed by atoms with van der Waals surface area (Å²) in [6.45, 7) is 1.97. The Morgan fingerprint density at radius 2 is 0.878 bits per heavy atom. The van der Waals surface area contributed by atoms with E-state index in [-0.39, 0.29) is 0 Å². The van der Waals surface area contributed by atoms with Gasteiger partial charge in [-0.05, 0) is 22.3 Å². The van der Waals surface area contributed by atoms with E-state index in [1.807, 2.05) is 121 Å². The second-order valence-corrected chi connectivity index (χ2v) is 10.1. The highest BCUT2D eigenvalue weighted by Crippen LogP contribution is 2.31. The molecule has 0 radical (unpaired) electrons. The lowest BCUT2D eigenvalue weighted by atomic mass is 9.97. The quantitative estimate of drug-likeness (QED) is 0.182. The largest absolute Gasteiger partial charge is 0.374 e. The van der Waals surface area contributed by atoms with Crippen LogP contribution in [0.2, 0.25) is 0 Å². The Hall–Kier alpha value is -3.36. The number of hydrogen-bond donors (Lipinski definition) is 0. The van der Waals surface area contributed by atoms with Crippen molar-refractivity contribution in [1.82, 2.24) is 0 Å². The fourth-order valence-electron chi connectivity index (χ4n) is 4.94. The molecule has 0 spiro atoms. The maximum Gasteiger partial charge on any atom is 0.186 e. The van der Waals surface area contributed by atoms with Gasteiger partial charge in [0.15, 0.2) is 6.29 Å². The Morgan fingerprint density at radius 1 is 0.488 bits per heavy atom. The molecule has 0 N–H and O–H groups in total. The number of hydrogen-bond acceptors (Lipinski definition) is 6. The minimum atomic E-state index is -0.665. The van der Waals surface area contributed by atoms with Crippen molar-refractivity contribution < 1.29 is 28.4 Å². The van der Waals surface area contributed by atoms with Crippen LogP contribution in [0.5, 0.6) is 0 Å². The molecule has 6 nitrogen and oxygen atoms in total.